The van der Waals surface area contributed by atoms with E-state index in [0.29, 0.717) is 18.7 Å². The summed E-state index contributed by atoms with van der Waals surface area (Å²) in [6.45, 7) is 6.67. The Morgan fingerprint density at radius 3 is 2.38 bits per heavy atom. The van der Waals surface area contributed by atoms with Crippen LogP contribution in [-0.2, 0) is 0 Å². The molecule has 4 nitrogen and oxygen atoms in total. The van der Waals surface area contributed by atoms with Gasteiger partial charge in [-0.2, -0.15) is 0 Å². The van der Waals surface area contributed by atoms with E-state index in [2.05, 4.69) is 5.32 Å². The van der Waals surface area contributed by atoms with E-state index in [1.165, 1.54) is 12.1 Å². The molecule has 1 aliphatic heterocycles. The number of aliphatic hydroxyl groups excluding tert-OH is 1. The predicted octanol–water partition coefficient (Wildman–Crippen LogP) is 3.46. The Labute approximate surface area is 141 Å². The fraction of sp³-hybridized carbons (Fsp3) is 0.611. The zero-order chi connectivity index (χ0) is 17.9. The van der Waals surface area contributed by atoms with E-state index in [1.807, 2.05) is 13.8 Å². The average molecular weight is 340 g/mol. The molecule has 2 unspecified atom stereocenters. The lowest BCUT2D eigenvalue weighted by Gasteiger charge is -2.35. The Bertz CT molecular complexity index is 570. The van der Waals surface area contributed by atoms with E-state index in [4.69, 9.17) is 0 Å². The van der Waals surface area contributed by atoms with Gasteiger partial charge in [-0.3, -0.25) is 0 Å². The molecule has 24 heavy (non-hydrogen) atoms. The Hall–Kier alpha value is -1.69. The summed E-state index contributed by atoms with van der Waals surface area (Å²) in [6, 6.07) is 2.66. The highest BCUT2D eigenvalue weighted by atomic mass is 19.1. The van der Waals surface area contributed by atoms with Crippen LogP contribution in [0.4, 0.5) is 13.6 Å². The van der Waals surface area contributed by atoms with Crippen LogP contribution >= 0.6 is 0 Å². The van der Waals surface area contributed by atoms with Crippen LogP contribution in [0.25, 0.3) is 0 Å². The van der Waals surface area contributed by atoms with Crippen LogP contribution < -0.4 is 5.32 Å². The van der Waals surface area contributed by atoms with Crippen LogP contribution in [-0.4, -0.2) is 35.2 Å². The first kappa shape index (κ1) is 18.6. The number of aliphatic hydroxyl groups is 1. The molecule has 2 rings (SSSR count). The number of rotatable bonds is 4. The summed E-state index contributed by atoms with van der Waals surface area (Å²) in [5.41, 5.74) is 0.290. The minimum Gasteiger partial charge on any atom is -0.393 e. The summed E-state index contributed by atoms with van der Waals surface area (Å²) in [4.78, 5) is 14.2. The van der Waals surface area contributed by atoms with E-state index < -0.39 is 17.7 Å². The summed E-state index contributed by atoms with van der Waals surface area (Å²) >= 11 is 0. The normalized spacial score (nSPS) is 18.5. The molecular weight excluding hydrogens is 314 g/mol. The van der Waals surface area contributed by atoms with Gasteiger partial charge < -0.3 is 15.3 Å². The van der Waals surface area contributed by atoms with Crippen molar-refractivity contribution in [1.29, 1.82) is 0 Å². The summed E-state index contributed by atoms with van der Waals surface area (Å²) in [6.07, 6.45) is 1.14. The molecule has 6 heteroatoms. The first-order valence-corrected chi connectivity index (χ1v) is 8.48. The number of piperidine rings is 1. The number of halogens is 2. The van der Waals surface area contributed by atoms with Gasteiger partial charge in [0.05, 0.1) is 12.1 Å². The molecule has 0 bridgehead atoms. The molecular formula is C18H26F2N2O2. The predicted molar refractivity (Wildman–Crippen MR) is 88.4 cm³/mol. The van der Waals surface area contributed by atoms with Crippen LogP contribution in [0.15, 0.2) is 18.2 Å². The third-order valence-corrected chi connectivity index (χ3v) is 4.75. The van der Waals surface area contributed by atoms with Gasteiger partial charge in [-0.15, -0.1) is 0 Å². The SMILES string of the molecule is CC(C)C(NC(=O)N1CCC(C(C)O)CC1)c1ccc(F)cc1F. The molecule has 0 aliphatic carbocycles. The fourth-order valence-electron chi connectivity index (χ4n) is 3.17. The number of carbonyl (C=O) groups excluding carboxylic acids is 1. The molecule has 0 radical (unpaired) electrons. The third-order valence-electron chi connectivity index (χ3n) is 4.75. The highest BCUT2D eigenvalue weighted by Crippen LogP contribution is 2.26. The van der Waals surface area contributed by atoms with Crippen LogP contribution in [0, 0.1) is 23.5 Å². The quantitative estimate of drug-likeness (QED) is 0.882. The molecule has 2 amide bonds. The van der Waals surface area contributed by atoms with E-state index in [9.17, 15) is 18.7 Å². The summed E-state index contributed by atoms with van der Waals surface area (Å²) in [5, 5.41) is 12.5. The molecule has 2 N–H and O–H groups in total. The molecule has 0 saturated carbocycles. The van der Waals surface area contributed by atoms with E-state index in [0.717, 1.165) is 18.9 Å². The van der Waals surface area contributed by atoms with Gasteiger partial charge in [-0.1, -0.05) is 19.9 Å². The van der Waals surface area contributed by atoms with Crippen molar-refractivity contribution in [2.75, 3.05) is 13.1 Å². The summed E-state index contributed by atoms with van der Waals surface area (Å²) in [5.74, 6) is -1.11. The van der Waals surface area contributed by atoms with Crippen molar-refractivity contribution in [3.63, 3.8) is 0 Å². The Morgan fingerprint density at radius 1 is 1.25 bits per heavy atom. The monoisotopic (exact) mass is 340 g/mol. The number of benzene rings is 1. The Morgan fingerprint density at radius 2 is 1.88 bits per heavy atom. The number of urea groups is 1. The zero-order valence-electron chi connectivity index (χ0n) is 14.4. The van der Waals surface area contributed by atoms with Gasteiger partial charge in [-0.25, -0.2) is 13.6 Å². The summed E-state index contributed by atoms with van der Waals surface area (Å²) < 4.78 is 27.2. The van der Waals surface area contributed by atoms with Gasteiger partial charge in [0.1, 0.15) is 11.6 Å². The minimum absolute atomic E-state index is 0.0380. The molecule has 0 aromatic heterocycles. The van der Waals surface area contributed by atoms with Crippen molar-refractivity contribution >= 4 is 6.03 Å². The first-order chi connectivity index (χ1) is 11.3. The van der Waals surface area contributed by atoms with Gasteiger partial charge in [-0.05, 0) is 37.7 Å². The van der Waals surface area contributed by atoms with Crippen molar-refractivity contribution in [3.05, 3.63) is 35.4 Å². The topological polar surface area (TPSA) is 52.6 Å². The molecule has 2 atom stereocenters. The van der Waals surface area contributed by atoms with Crippen molar-refractivity contribution in [2.24, 2.45) is 11.8 Å². The molecule has 1 aromatic rings. The Balaban J connectivity index is 2.04. The number of likely N-dealkylation sites (tertiary alicyclic amines) is 1. The third kappa shape index (κ3) is 4.44. The average Bonchev–Trinajstić information content (AvgIpc) is 2.53. The van der Waals surface area contributed by atoms with Gasteiger partial charge >= 0.3 is 6.03 Å². The highest BCUT2D eigenvalue weighted by molar-refractivity contribution is 5.74. The van der Waals surface area contributed by atoms with Crippen molar-refractivity contribution in [2.45, 2.75) is 45.8 Å². The smallest absolute Gasteiger partial charge is 0.317 e. The number of nitrogens with one attached hydrogen (secondary N) is 1. The lowest BCUT2D eigenvalue weighted by atomic mass is 9.92. The lowest BCUT2D eigenvalue weighted by Crippen LogP contribution is -2.47. The van der Waals surface area contributed by atoms with Crippen molar-refractivity contribution < 1.29 is 18.7 Å². The van der Waals surface area contributed by atoms with Crippen LogP contribution in [0.3, 0.4) is 0 Å². The zero-order valence-corrected chi connectivity index (χ0v) is 14.4. The van der Waals surface area contributed by atoms with Crippen molar-refractivity contribution in [3.8, 4) is 0 Å². The maximum Gasteiger partial charge on any atom is 0.317 e. The van der Waals surface area contributed by atoms with Gasteiger partial charge in [0.15, 0.2) is 0 Å². The fourth-order valence-corrected chi connectivity index (χ4v) is 3.17. The maximum absolute atomic E-state index is 14.1. The van der Waals surface area contributed by atoms with Gasteiger partial charge in [0, 0.05) is 24.7 Å². The highest BCUT2D eigenvalue weighted by Gasteiger charge is 2.28. The second-order valence-electron chi connectivity index (χ2n) is 6.90. The standard InChI is InChI=1S/C18H26F2N2O2/c1-11(2)17(15-5-4-14(19)10-16(15)20)21-18(24)22-8-6-13(7-9-22)12(3)23/h4-5,10-13,17,23H,6-9H2,1-3H3,(H,21,24). The number of carbonyl (C=O) groups is 1. The molecule has 134 valence electrons. The minimum atomic E-state index is -0.651. The van der Waals surface area contributed by atoms with Gasteiger partial charge in [0.25, 0.3) is 0 Å². The second-order valence-corrected chi connectivity index (χ2v) is 6.90. The Kier molecular flexibility index (Phi) is 6.15. The van der Waals surface area contributed by atoms with Crippen LogP contribution in [0.1, 0.15) is 45.2 Å². The van der Waals surface area contributed by atoms with Crippen LogP contribution in [0.5, 0.6) is 0 Å². The second kappa shape index (κ2) is 7.92. The number of amides is 2. The number of hydrogen-bond acceptors (Lipinski definition) is 2. The molecule has 1 aromatic carbocycles. The maximum atomic E-state index is 14.1. The van der Waals surface area contributed by atoms with Gasteiger partial charge in [0.2, 0.25) is 0 Å². The number of nitrogens with zero attached hydrogens (tertiary/aromatic N) is 1. The van der Waals surface area contributed by atoms with Crippen molar-refractivity contribution in [1.82, 2.24) is 10.2 Å². The molecule has 1 fully saturated rings. The van der Waals surface area contributed by atoms with Crippen LogP contribution in [0.2, 0.25) is 0 Å². The molecule has 0 spiro atoms. The molecule has 1 saturated heterocycles. The largest absolute Gasteiger partial charge is 0.393 e. The summed E-state index contributed by atoms with van der Waals surface area (Å²) in [7, 11) is 0. The van der Waals surface area contributed by atoms with E-state index >= 15 is 0 Å². The number of hydrogen-bond donors (Lipinski definition) is 2. The lowest BCUT2D eigenvalue weighted by molar-refractivity contribution is 0.0789. The van der Waals surface area contributed by atoms with E-state index in [-0.39, 0.29) is 24.0 Å². The first-order valence-electron chi connectivity index (χ1n) is 8.48. The molecule has 1 heterocycles. The van der Waals surface area contributed by atoms with E-state index in [1.54, 1.807) is 11.8 Å². The molecule has 1 aliphatic rings.